The highest BCUT2D eigenvalue weighted by Crippen LogP contribution is 2.33. The standard InChI is InChI=1S/C16H17F3N6O2S/c1-9(28-14-20-22-23-21-14)12-7-13(26)25(12)15(27)24(2)8-10-3-5-11(6-4-10)16(17,18)19/h3-6,9,12H,7-8H2,1-2H3,(H,20,21,22,23)/t9?,12-/m1/s1. The van der Waals surface area contributed by atoms with E-state index in [0.717, 1.165) is 12.1 Å². The molecule has 8 nitrogen and oxygen atoms in total. The summed E-state index contributed by atoms with van der Waals surface area (Å²) >= 11 is 1.29. The first-order valence-electron chi connectivity index (χ1n) is 8.30. The molecule has 0 bridgehead atoms. The van der Waals surface area contributed by atoms with Gasteiger partial charge >= 0.3 is 12.2 Å². The van der Waals surface area contributed by atoms with Crippen molar-refractivity contribution in [3.8, 4) is 0 Å². The lowest BCUT2D eigenvalue weighted by atomic mass is 9.99. The number of benzene rings is 1. The number of hydrogen-bond donors (Lipinski definition) is 1. The second kappa shape index (κ2) is 7.78. The molecule has 2 atom stereocenters. The maximum Gasteiger partial charge on any atom is 0.416 e. The van der Waals surface area contributed by atoms with Crippen LogP contribution in [0.5, 0.6) is 0 Å². The molecular formula is C16H17F3N6O2S. The smallest absolute Gasteiger partial charge is 0.323 e. The summed E-state index contributed by atoms with van der Waals surface area (Å²) in [6.07, 6.45) is -4.18. The molecule has 0 aliphatic carbocycles. The largest absolute Gasteiger partial charge is 0.416 e. The van der Waals surface area contributed by atoms with E-state index in [2.05, 4.69) is 20.6 Å². The van der Waals surface area contributed by atoms with Crippen LogP contribution in [0.2, 0.25) is 0 Å². The topological polar surface area (TPSA) is 95.1 Å². The van der Waals surface area contributed by atoms with E-state index in [-0.39, 0.29) is 30.2 Å². The summed E-state index contributed by atoms with van der Waals surface area (Å²) in [6.45, 7) is 1.94. The van der Waals surface area contributed by atoms with Gasteiger partial charge in [0, 0.05) is 25.3 Å². The number of hydrogen-bond acceptors (Lipinski definition) is 6. The summed E-state index contributed by atoms with van der Waals surface area (Å²) in [5.41, 5.74) is -0.224. The van der Waals surface area contributed by atoms with Gasteiger partial charge in [0.05, 0.1) is 11.6 Å². The van der Waals surface area contributed by atoms with Crippen LogP contribution in [0.3, 0.4) is 0 Å². The number of urea groups is 1. The number of nitrogens with zero attached hydrogens (tertiary/aromatic N) is 5. The first kappa shape index (κ1) is 20.1. The summed E-state index contributed by atoms with van der Waals surface area (Å²) in [4.78, 5) is 27.1. The van der Waals surface area contributed by atoms with Crippen LogP contribution in [0.25, 0.3) is 0 Å². The third kappa shape index (κ3) is 4.26. The van der Waals surface area contributed by atoms with Crippen LogP contribution in [0.1, 0.15) is 24.5 Å². The van der Waals surface area contributed by atoms with Gasteiger partial charge < -0.3 is 4.90 Å². The predicted octanol–water partition coefficient (Wildman–Crippen LogP) is 2.55. The van der Waals surface area contributed by atoms with Crippen molar-refractivity contribution in [2.45, 2.75) is 42.5 Å². The number of thioether (sulfide) groups is 1. The monoisotopic (exact) mass is 414 g/mol. The quantitative estimate of drug-likeness (QED) is 0.597. The molecule has 3 rings (SSSR count). The Balaban J connectivity index is 1.62. The van der Waals surface area contributed by atoms with Crippen LogP contribution >= 0.6 is 11.8 Å². The van der Waals surface area contributed by atoms with Gasteiger partial charge in [-0.3, -0.25) is 9.69 Å². The highest BCUT2D eigenvalue weighted by molar-refractivity contribution is 7.99. The minimum Gasteiger partial charge on any atom is -0.323 e. The number of nitrogens with one attached hydrogen (secondary N) is 1. The molecule has 1 unspecified atom stereocenters. The number of aromatic nitrogens is 4. The van der Waals surface area contributed by atoms with Crippen molar-refractivity contribution in [3.63, 3.8) is 0 Å². The number of rotatable bonds is 5. The average Bonchev–Trinajstić information content (AvgIpc) is 3.12. The highest BCUT2D eigenvalue weighted by Gasteiger charge is 2.45. The lowest BCUT2D eigenvalue weighted by molar-refractivity contribution is -0.141. The lowest BCUT2D eigenvalue weighted by Gasteiger charge is -2.43. The molecule has 1 aromatic carbocycles. The zero-order valence-electron chi connectivity index (χ0n) is 15.0. The summed E-state index contributed by atoms with van der Waals surface area (Å²) in [6, 6.07) is 3.75. The van der Waals surface area contributed by atoms with Crippen molar-refractivity contribution in [2.75, 3.05) is 7.05 Å². The Hall–Kier alpha value is -2.63. The number of halogens is 3. The van der Waals surface area contributed by atoms with E-state index < -0.39 is 17.8 Å². The first-order valence-corrected chi connectivity index (χ1v) is 9.18. The van der Waals surface area contributed by atoms with Gasteiger partial charge in [-0.05, 0) is 22.9 Å². The summed E-state index contributed by atoms with van der Waals surface area (Å²) in [5.74, 6) is -0.296. The fourth-order valence-electron chi connectivity index (χ4n) is 2.84. The van der Waals surface area contributed by atoms with Gasteiger partial charge in [0.25, 0.3) is 0 Å². The average molecular weight is 414 g/mol. The molecule has 0 saturated carbocycles. The molecule has 0 spiro atoms. The molecule has 2 heterocycles. The Morgan fingerprint density at radius 2 is 2.07 bits per heavy atom. The van der Waals surface area contributed by atoms with E-state index in [1.165, 1.54) is 40.7 Å². The molecule has 1 saturated heterocycles. The molecule has 150 valence electrons. The van der Waals surface area contributed by atoms with Crippen LogP contribution < -0.4 is 0 Å². The summed E-state index contributed by atoms with van der Waals surface area (Å²) in [7, 11) is 1.50. The van der Waals surface area contributed by atoms with Gasteiger partial charge in [0.1, 0.15) is 0 Å². The van der Waals surface area contributed by atoms with Crippen molar-refractivity contribution < 1.29 is 22.8 Å². The lowest BCUT2D eigenvalue weighted by Crippen LogP contribution is -2.61. The first-order chi connectivity index (χ1) is 13.2. The zero-order valence-corrected chi connectivity index (χ0v) is 15.8. The van der Waals surface area contributed by atoms with Crippen molar-refractivity contribution in [2.24, 2.45) is 0 Å². The van der Waals surface area contributed by atoms with Gasteiger partial charge in [-0.25, -0.2) is 4.79 Å². The molecule has 1 aliphatic heterocycles. The van der Waals surface area contributed by atoms with Gasteiger partial charge in [-0.2, -0.15) is 18.4 Å². The number of imide groups is 1. The number of amides is 3. The van der Waals surface area contributed by atoms with E-state index in [1.54, 1.807) is 0 Å². The number of tetrazole rings is 1. The van der Waals surface area contributed by atoms with E-state index in [4.69, 9.17) is 0 Å². The molecule has 3 amide bonds. The molecular weight excluding hydrogens is 397 g/mol. The Labute approximate surface area is 162 Å². The minimum absolute atomic E-state index is 0.0832. The molecule has 28 heavy (non-hydrogen) atoms. The normalized spacial score (nSPS) is 18.0. The molecule has 0 radical (unpaired) electrons. The zero-order chi connectivity index (χ0) is 20.5. The maximum atomic E-state index is 12.7. The maximum absolute atomic E-state index is 12.7. The Kier molecular flexibility index (Phi) is 5.59. The van der Waals surface area contributed by atoms with Crippen LogP contribution in [0, 0.1) is 0 Å². The number of carbonyl (C=O) groups excluding carboxylic acids is 2. The molecule has 12 heteroatoms. The summed E-state index contributed by atoms with van der Waals surface area (Å²) in [5, 5.41) is 13.7. The van der Waals surface area contributed by atoms with E-state index >= 15 is 0 Å². The number of β-lactam (4-membered cyclic amide) rings is 1. The number of alkyl halides is 3. The van der Waals surface area contributed by atoms with E-state index in [1.807, 2.05) is 6.92 Å². The fraction of sp³-hybridized carbons (Fsp3) is 0.438. The second-order valence-corrected chi connectivity index (χ2v) is 7.73. The van der Waals surface area contributed by atoms with Crippen molar-refractivity contribution in [1.82, 2.24) is 30.4 Å². The Bertz CT molecular complexity index is 843. The molecule has 1 aromatic heterocycles. The Morgan fingerprint density at radius 3 is 2.61 bits per heavy atom. The van der Waals surface area contributed by atoms with Crippen LogP contribution in [0.4, 0.5) is 18.0 Å². The minimum atomic E-state index is -4.41. The third-order valence-corrected chi connectivity index (χ3v) is 5.45. The van der Waals surface area contributed by atoms with Gasteiger partial charge in [-0.15, -0.1) is 10.2 Å². The summed E-state index contributed by atoms with van der Waals surface area (Å²) < 4.78 is 37.9. The van der Waals surface area contributed by atoms with E-state index in [9.17, 15) is 22.8 Å². The Morgan fingerprint density at radius 1 is 1.39 bits per heavy atom. The third-order valence-electron chi connectivity index (χ3n) is 4.38. The molecule has 1 aliphatic rings. The molecule has 1 fully saturated rings. The fourth-order valence-corrected chi connectivity index (χ4v) is 3.73. The SMILES string of the molecule is CC(Sc1nn[nH]n1)[C@H]1CC(=O)N1C(=O)N(C)Cc1ccc(C(F)(F)F)cc1. The van der Waals surface area contributed by atoms with Gasteiger partial charge in [0.2, 0.25) is 11.1 Å². The molecule has 2 aromatic rings. The highest BCUT2D eigenvalue weighted by atomic mass is 32.2. The van der Waals surface area contributed by atoms with Crippen molar-refractivity contribution >= 4 is 23.7 Å². The van der Waals surface area contributed by atoms with Crippen molar-refractivity contribution in [3.05, 3.63) is 35.4 Å². The second-order valence-electron chi connectivity index (χ2n) is 6.39. The number of H-pyrrole nitrogens is 1. The van der Waals surface area contributed by atoms with Crippen molar-refractivity contribution in [1.29, 1.82) is 0 Å². The van der Waals surface area contributed by atoms with Gasteiger partial charge in [0.15, 0.2) is 0 Å². The van der Waals surface area contributed by atoms with Crippen LogP contribution in [-0.2, 0) is 17.5 Å². The van der Waals surface area contributed by atoms with Gasteiger partial charge in [-0.1, -0.05) is 30.8 Å². The number of likely N-dealkylation sites (tertiary alicyclic amines) is 1. The predicted molar refractivity (Wildman–Crippen MR) is 93.1 cm³/mol. The van der Waals surface area contributed by atoms with E-state index in [0.29, 0.717) is 10.7 Å². The molecule has 1 N–H and O–H groups in total. The number of aromatic amines is 1. The number of carbonyl (C=O) groups is 2. The van der Waals surface area contributed by atoms with Crippen LogP contribution in [0.15, 0.2) is 29.4 Å². The van der Waals surface area contributed by atoms with Crippen LogP contribution in [-0.4, -0.2) is 60.7 Å².